The number of hydrogen-bond acceptors (Lipinski definition) is 4. The van der Waals surface area contributed by atoms with Gasteiger partial charge in [-0.25, -0.2) is 14.4 Å². The van der Waals surface area contributed by atoms with Gasteiger partial charge in [-0.2, -0.15) is 0 Å². The van der Waals surface area contributed by atoms with Gasteiger partial charge in [0, 0.05) is 43.0 Å². The number of anilines is 1. The Kier molecular flexibility index (Phi) is 5.20. The van der Waals surface area contributed by atoms with Crippen LogP contribution in [0.2, 0.25) is 0 Å². The standard InChI is InChI=1S/C20H25FN4O/c1-13(2)18-14(3)22-15(4)23-19(18)24-9-11-25(12-10-24)20(26)16-5-7-17(21)8-6-16/h5-8,13H,9-12H2,1-4H3. The van der Waals surface area contributed by atoms with Gasteiger partial charge in [0.25, 0.3) is 5.91 Å². The fraction of sp³-hybridized carbons (Fsp3) is 0.450. The van der Waals surface area contributed by atoms with Gasteiger partial charge >= 0.3 is 0 Å². The summed E-state index contributed by atoms with van der Waals surface area (Å²) in [5.41, 5.74) is 2.72. The number of nitrogens with zero attached hydrogens (tertiary/aromatic N) is 4. The molecule has 0 aliphatic carbocycles. The van der Waals surface area contributed by atoms with Crippen LogP contribution in [0.15, 0.2) is 24.3 Å². The molecule has 0 bridgehead atoms. The topological polar surface area (TPSA) is 49.3 Å². The normalized spacial score (nSPS) is 14.8. The van der Waals surface area contributed by atoms with Gasteiger partial charge in [0.1, 0.15) is 17.5 Å². The monoisotopic (exact) mass is 356 g/mol. The van der Waals surface area contributed by atoms with E-state index < -0.39 is 0 Å². The van der Waals surface area contributed by atoms with Crippen molar-refractivity contribution in [1.82, 2.24) is 14.9 Å². The van der Waals surface area contributed by atoms with E-state index in [-0.39, 0.29) is 11.7 Å². The van der Waals surface area contributed by atoms with Crippen LogP contribution in [0.4, 0.5) is 10.2 Å². The smallest absolute Gasteiger partial charge is 0.253 e. The van der Waals surface area contributed by atoms with E-state index in [1.165, 1.54) is 29.8 Å². The number of benzene rings is 1. The van der Waals surface area contributed by atoms with E-state index in [9.17, 15) is 9.18 Å². The molecule has 0 saturated carbocycles. The molecule has 0 unspecified atom stereocenters. The molecule has 1 fully saturated rings. The number of carbonyl (C=O) groups excluding carboxylic acids is 1. The summed E-state index contributed by atoms with van der Waals surface area (Å²) in [4.78, 5) is 25.9. The molecule has 0 atom stereocenters. The van der Waals surface area contributed by atoms with Crippen molar-refractivity contribution >= 4 is 11.7 Å². The molecule has 2 aromatic rings. The first-order valence-corrected chi connectivity index (χ1v) is 9.01. The Morgan fingerprint density at radius 3 is 2.23 bits per heavy atom. The molecule has 1 aliphatic rings. The van der Waals surface area contributed by atoms with Crippen molar-refractivity contribution in [3.8, 4) is 0 Å². The number of amides is 1. The van der Waals surface area contributed by atoms with Crippen LogP contribution in [0.5, 0.6) is 0 Å². The summed E-state index contributed by atoms with van der Waals surface area (Å²) in [6.45, 7) is 10.9. The highest BCUT2D eigenvalue weighted by atomic mass is 19.1. The average molecular weight is 356 g/mol. The molecule has 138 valence electrons. The number of hydrogen-bond donors (Lipinski definition) is 0. The summed E-state index contributed by atoms with van der Waals surface area (Å²) in [6, 6.07) is 5.73. The molecule has 0 N–H and O–H groups in total. The van der Waals surface area contributed by atoms with E-state index in [1.807, 2.05) is 18.7 Å². The fourth-order valence-electron chi connectivity index (χ4n) is 3.52. The Bertz CT molecular complexity index is 796. The Balaban J connectivity index is 1.75. The van der Waals surface area contributed by atoms with Gasteiger partial charge in [-0.15, -0.1) is 0 Å². The number of aryl methyl sites for hydroxylation is 2. The van der Waals surface area contributed by atoms with Gasteiger partial charge in [-0.05, 0) is 44.0 Å². The predicted molar refractivity (Wildman–Crippen MR) is 100 cm³/mol. The highest BCUT2D eigenvalue weighted by Gasteiger charge is 2.26. The minimum Gasteiger partial charge on any atom is -0.353 e. The Morgan fingerprint density at radius 1 is 1.04 bits per heavy atom. The van der Waals surface area contributed by atoms with E-state index in [4.69, 9.17) is 0 Å². The minimum absolute atomic E-state index is 0.0521. The molecular formula is C20H25FN4O. The van der Waals surface area contributed by atoms with Crippen molar-refractivity contribution < 1.29 is 9.18 Å². The molecule has 1 amide bonds. The summed E-state index contributed by atoms with van der Waals surface area (Å²) >= 11 is 0. The van der Waals surface area contributed by atoms with Crippen LogP contribution in [0.1, 0.15) is 47.2 Å². The van der Waals surface area contributed by atoms with Crippen LogP contribution >= 0.6 is 0 Å². The van der Waals surface area contributed by atoms with Gasteiger partial charge in [-0.1, -0.05) is 13.8 Å². The lowest BCUT2D eigenvalue weighted by Gasteiger charge is -2.37. The molecule has 0 radical (unpaired) electrons. The van der Waals surface area contributed by atoms with E-state index in [0.29, 0.717) is 24.6 Å². The summed E-state index contributed by atoms with van der Waals surface area (Å²) in [6.07, 6.45) is 0. The van der Waals surface area contributed by atoms with Crippen LogP contribution < -0.4 is 4.90 Å². The molecule has 1 aromatic heterocycles. The van der Waals surface area contributed by atoms with Crippen LogP contribution in [0, 0.1) is 19.7 Å². The van der Waals surface area contributed by atoms with Crippen LogP contribution in [0.3, 0.4) is 0 Å². The van der Waals surface area contributed by atoms with E-state index >= 15 is 0 Å². The molecule has 2 heterocycles. The van der Waals surface area contributed by atoms with Gasteiger partial charge in [-0.3, -0.25) is 4.79 Å². The molecule has 26 heavy (non-hydrogen) atoms. The molecule has 1 saturated heterocycles. The minimum atomic E-state index is -0.331. The third kappa shape index (κ3) is 3.69. The van der Waals surface area contributed by atoms with Crippen molar-refractivity contribution in [1.29, 1.82) is 0 Å². The van der Waals surface area contributed by atoms with Crippen molar-refractivity contribution in [3.05, 3.63) is 52.7 Å². The number of piperazine rings is 1. The largest absolute Gasteiger partial charge is 0.353 e. The first-order chi connectivity index (χ1) is 12.4. The Morgan fingerprint density at radius 2 is 1.65 bits per heavy atom. The van der Waals surface area contributed by atoms with Crippen molar-refractivity contribution in [3.63, 3.8) is 0 Å². The second-order valence-electron chi connectivity index (χ2n) is 7.03. The Hall–Kier alpha value is -2.50. The summed E-state index contributed by atoms with van der Waals surface area (Å²) in [5.74, 6) is 1.71. The van der Waals surface area contributed by atoms with Gasteiger partial charge in [0.15, 0.2) is 0 Å². The van der Waals surface area contributed by atoms with Crippen LogP contribution in [0.25, 0.3) is 0 Å². The number of carbonyl (C=O) groups is 1. The maximum absolute atomic E-state index is 13.1. The molecular weight excluding hydrogens is 331 g/mol. The lowest BCUT2D eigenvalue weighted by atomic mass is 10.0. The van der Waals surface area contributed by atoms with Crippen molar-refractivity contribution in [2.75, 3.05) is 31.1 Å². The summed E-state index contributed by atoms with van der Waals surface area (Å²) < 4.78 is 13.1. The first kappa shape index (κ1) is 18.3. The highest BCUT2D eigenvalue weighted by molar-refractivity contribution is 5.94. The van der Waals surface area contributed by atoms with Crippen LogP contribution in [-0.2, 0) is 0 Å². The van der Waals surface area contributed by atoms with Crippen molar-refractivity contribution in [2.24, 2.45) is 0 Å². The maximum atomic E-state index is 13.1. The molecule has 0 spiro atoms. The molecule has 6 heteroatoms. The third-order valence-corrected chi connectivity index (χ3v) is 4.76. The lowest BCUT2D eigenvalue weighted by Crippen LogP contribution is -2.49. The summed E-state index contributed by atoms with van der Waals surface area (Å²) in [5, 5.41) is 0. The van der Waals surface area contributed by atoms with Gasteiger partial charge in [0.05, 0.1) is 0 Å². The summed E-state index contributed by atoms with van der Waals surface area (Å²) in [7, 11) is 0. The fourth-order valence-corrected chi connectivity index (χ4v) is 3.52. The quantitative estimate of drug-likeness (QED) is 0.847. The second-order valence-corrected chi connectivity index (χ2v) is 7.03. The van der Waals surface area contributed by atoms with Crippen LogP contribution in [-0.4, -0.2) is 47.0 Å². The van der Waals surface area contributed by atoms with E-state index in [1.54, 1.807) is 0 Å². The average Bonchev–Trinajstić information content (AvgIpc) is 2.61. The second kappa shape index (κ2) is 7.40. The zero-order valence-electron chi connectivity index (χ0n) is 15.8. The van der Waals surface area contributed by atoms with Crippen molar-refractivity contribution in [2.45, 2.75) is 33.6 Å². The SMILES string of the molecule is Cc1nc(C)c(C(C)C)c(N2CCN(C(=O)c3ccc(F)cc3)CC2)n1. The Labute approximate surface area is 153 Å². The predicted octanol–water partition coefficient (Wildman–Crippen LogP) is 3.32. The number of rotatable bonds is 3. The van der Waals surface area contributed by atoms with Gasteiger partial charge in [0.2, 0.25) is 0 Å². The highest BCUT2D eigenvalue weighted by Crippen LogP contribution is 2.29. The van der Waals surface area contributed by atoms with Gasteiger partial charge < -0.3 is 9.80 Å². The first-order valence-electron chi connectivity index (χ1n) is 9.01. The number of aromatic nitrogens is 2. The molecule has 1 aromatic carbocycles. The maximum Gasteiger partial charge on any atom is 0.253 e. The lowest BCUT2D eigenvalue weighted by molar-refractivity contribution is 0.0746. The molecule has 3 rings (SSSR count). The van der Waals surface area contributed by atoms with E-state index in [2.05, 4.69) is 28.7 Å². The third-order valence-electron chi connectivity index (χ3n) is 4.76. The van der Waals surface area contributed by atoms with E-state index in [0.717, 1.165) is 30.4 Å². The number of halogens is 1. The molecule has 5 nitrogen and oxygen atoms in total. The zero-order chi connectivity index (χ0) is 18.8. The molecule has 1 aliphatic heterocycles. The zero-order valence-corrected chi connectivity index (χ0v) is 15.8.